The van der Waals surface area contributed by atoms with E-state index in [1.54, 1.807) is 6.92 Å². The number of carbonyl (C=O) groups is 1. The molecule has 1 N–H and O–H groups in total. The van der Waals surface area contributed by atoms with Gasteiger partial charge in [-0.15, -0.1) is 0 Å². The number of hydrogen-bond donors (Lipinski definition) is 1. The number of aliphatic carboxylic acids is 1. The van der Waals surface area contributed by atoms with Gasteiger partial charge in [-0.05, 0) is 76.7 Å². The van der Waals surface area contributed by atoms with Crippen LogP contribution in [0.2, 0.25) is 0 Å². The van der Waals surface area contributed by atoms with E-state index in [1.165, 1.54) is 22.3 Å². The van der Waals surface area contributed by atoms with Crippen molar-refractivity contribution in [3.8, 4) is 28.0 Å². The van der Waals surface area contributed by atoms with Crippen LogP contribution in [0.5, 0.6) is 5.75 Å². The van der Waals surface area contributed by atoms with Gasteiger partial charge in [-0.3, -0.25) is 0 Å². The molecule has 0 fully saturated rings. The summed E-state index contributed by atoms with van der Waals surface area (Å²) in [5, 5.41) is 9.26. The summed E-state index contributed by atoms with van der Waals surface area (Å²) in [4.78, 5) is 11.3. The van der Waals surface area contributed by atoms with E-state index in [1.807, 2.05) is 42.5 Å². The number of benzene rings is 4. The second kappa shape index (κ2) is 12.5. The molecule has 4 rings (SSSR count). The Hall–Kier alpha value is -4.15. The van der Waals surface area contributed by atoms with E-state index < -0.39 is 12.1 Å². The van der Waals surface area contributed by atoms with Gasteiger partial charge < -0.3 is 14.6 Å². The van der Waals surface area contributed by atoms with Gasteiger partial charge in [-0.25, -0.2) is 4.79 Å². The summed E-state index contributed by atoms with van der Waals surface area (Å²) < 4.78 is 11.2. The van der Waals surface area contributed by atoms with Gasteiger partial charge in [-0.1, -0.05) is 78.9 Å². The molecule has 4 nitrogen and oxygen atoms in total. The third kappa shape index (κ3) is 6.94. The molecule has 1 unspecified atom stereocenters. The Labute approximate surface area is 212 Å². The van der Waals surface area contributed by atoms with Crippen molar-refractivity contribution in [2.45, 2.75) is 19.4 Å². The van der Waals surface area contributed by atoms with Gasteiger partial charge in [0.1, 0.15) is 12.4 Å². The third-order valence-corrected chi connectivity index (χ3v) is 5.81. The first-order valence-electron chi connectivity index (χ1n) is 12.1. The van der Waals surface area contributed by atoms with Crippen LogP contribution in [0.4, 0.5) is 0 Å². The van der Waals surface area contributed by atoms with Gasteiger partial charge in [0.25, 0.3) is 0 Å². The van der Waals surface area contributed by atoms with Crippen molar-refractivity contribution in [1.82, 2.24) is 0 Å². The Balaban J connectivity index is 1.44. The largest absolute Gasteiger partial charge is 0.490 e. The maximum Gasteiger partial charge on any atom is 0.333 e. The number of carboxylic acid groups (broad SMARTS) is 1. The molecule has 0 aromatic heterocycles. The zero-order chi connectivity index (χ0) is 25.2. The van der Waals surface area contributed by atoms with Crippen LogP contribution in [0, 0.1) is 0 Å². The molecule has 0 saturated carbocycles. The minimum atomic E-state index is -0.950. The van der Waals surface area contributed by atoms with Crippen molar-refractivity contribution < 1.29 is 19.4 Å². The fourth-order valence-corrected chi connectivity index (χ4v) is 4.03. The van der Waals surface area contributed by atoms with E-state index in [0.717, 1.165) is 16.9 Å². The monoisotopic (exact) mass is 478 g/mol. The van der Waals surface area contributed by atoms with Crippen LogP contribution >= 0.6 is 0 Å². The van der Waals surface area contributed by atoms with Crippen molar-refractivity contribution in [2.24, 2.45) is 0 Å². The second-order valence-corrected chi connectivity index (χ2v) is 8.42. The Morgan fingerprint density at radius 2 is 1.39 bits per heavy atom. The molecule has 4 heteroatoms. The van der Waals surface area contributed by atoms with Crippen molar-refractivity contribution in [3.05, 3.63) is 120 Å². The second-order valence-electron chi connectivity index (χ2n) is 8.42. The van der Waals surface area contributed by atoms with Gasteiger partial charge in [-0.2, -0.15) is 0 Å². The highest BCUT2D eigenvalue weighted by Gasteiger charge is 2.17. The normalized spacial score (nSPS) is 11.9. The molecular weight excluding hydrogens is 448 g/mol. The van der Waals surface area contributed by atoms with E-state index in [0.29, 0.717) is 19.6 Å². The van der Waals surface area contributed by atoms with Crippen LogP contribution in [0.15, 0.2) is 109 Å². The van der Waals surface area contributed by atoms with Gasteiger partial charge >= 0.3 is 5.97 Å². The van der Waals surface area contributed by atoms with Crippen LogP contribution in [0.25, 0.3) is 28.3 Å². The molecule has 0 spiro atoms. The minimum absolute atomic E-state index is 0.324. The first kappa shape index (κ1) is 25.0. The molecule has 0 heterocycles. The third-order valence-electron chi connectivity index (χ3n) is 5.81. The summed E-state index contributed by atoms with van der Waals surface area (Å²) in [5.41, 5.74) is 6.68. The highest BCUT2D eigenvalue weighted by Crippen LogP contribution is 2.29. The fraction of sp³-hybridized carbons (Fsp3) is 0.156. The van der Waals surface area contributed by atoms with E-state index in [9.17, 15) is 9.90 Å². The molecule has 182 valence electrons. The number of rotatable bonds is 11. The summed E-state index contributed by atoms with van der Waals surface area (Å²) in [6, 6.07) is 34.8. The quantitative estimate of drug-likeness (QED) is 0.249. The summed E-state index contributed by atoms with van der Waals surface area (Å²) in [6.07, 6.45) is 3.57. The maximum atomic E-state index is 11.3. The van der Waals surface area contributed by atoms with Crippen molar-refractivity contribution in [3.63, 3.8) is 0 Å². The molecule has 0 bridgehead atoms. The number of hydrogen-bond acceptors (Lipinski definition) is 3. The van der Waals surface area contributed by atoms with Crippen LogP contribution in [-0.4, -0.2) is 30.4 Å². The molecule has 4 aromatic carbocycles. The van der Waals surface area contributed by atoms with E-state index >= 15 is 0 Å². The lowest BCUT2D eigenvalue weighted by molar-refractivity contribution is -0.149. The van der Waals surface area contributed by atoms with Crippen LogP contribution in [-0.2, 0) is 16.0 Å². The Morgan fingerprint density at radius 3 is 1.92 bits per heavy atom. The Kier molecular flexibility index (Phi) is 8.68. The molecule has 4 aromatic rings. The van der Waals surface area contributed by atoms with Gasteiger partial charge in [0, 0.05) is 13.0 Å². The number of ether oxygens (including phenoxy) is 2. The van der Waals surface area contributed by atoms with Gasteiger partial charge in [0.2, 0.25) is 0 Å². The van der Waals surface area contributed by atoms with Gasteiger partial charge in [0.15, 0.2) is 6.10 Å². The smallest absolute Gasteiger partial charge is 0.333 e. The topological polar surface area (TPSA) is 55.8 Å². The molecule has 0 aliphatic carbocycles. The molecule has 0 aliphatic heterocycles. The lowest BCUT2D eigenvalue weighted by Crippen LogP contribution is -2.26. The van der Waals surface area contributed by atoms with Crippen LogP contribution in [0.1, 0.15) is 18.1 Å². The highest BCUT2D eigenvalue weighted by molar-refractivity contribution is 5.77. The van der Waals surface area contributed by atoms with Crippen LogP contribution in [0.3, 0.4) is 0 Å². The zero-order valence-electron chi connectivity index (χ0n) is 20.3. The Morgan fingerprint density at radius 1 is 0.806 bits per heavy atom. The predicted octanol–water partition coefficient (Wildman–Crippen LogP) is 7.15. The van der Waals surface area contributed by atoms with Crippen molar-refractivity contribution >= 4 is 12.0 Å². The van der Waals surface area contributed by atoms with Crippen molar-refractivity contribution in [2.75, 3.05) is 13.2 Å². The standard InChI is InChI=1S/C32H30O4/c1-2-35-31(32(33)34)22-24-15-17-30(18-16-24)36-19-9-10-25-20-28(26-11-5-3-6-12-26)23-29(21-25)27-13-7-4-8-14-27/h3-18,20-21,23,31H,2,19,22H2,1H3,(H,33,34)/b10-9+. The highest BCUT2D eigenvalue weighted by atomic mass is 16.5. The van der Waals surface area contributed by atoms with Crippen LogP contribution < -0.4 is 4.74 Å². The molecule has 36 heavy (non-hydrogen) atoms. The lowest BCUT2D eigenvalue weighted by atomic mass is 9.96. The Bertz CT molecular complexity index is 1220. The van der Waals surface area contributed by atoms with Crippen molar-refractivity contribution in [1.29, 1.82) is 0 Å². The molecule has 0 aliphatic rings. The number of carboxylic acids is 1. The van der Waals surface area contributed by atoms with E-state index in [4.69, 9.17) is 9.47 Å². The molecule has 0 radical (unpaired) electrons. The summed E-state index contributed by atoms with van der Waals surface area (Å²) in [6.45, 7) is 2.58. The maximum absolute atomic E-state index is 11.3. The summed E-state index contributed by atoms with van der Waals surface area (Å²) >= 11 is 0. The summed E-state index contributed by atoms with van der Waals surface area (Å²) in [7, 11) is 0. The minimum Gasteiger partial charge on any atom is -0.490 e. The lowest BCUT2D eigenvalue weighted by Gasteiger charge is -2.12. The average molecular weight is 479 g/mol. The first-order chi connectivity index (χ1) is 17.6. The molecule has 1 atom stereocenters. The molecular formula is C32H30O4. The van der Waals surface area contributed by atoms with E-state index in [-0.39, 0.29) is 0 Å². The molecule has 0 saturated heterocycles. The first-order valence-corrected chi connectivity index (χ1v) is 12.1. The average Bonchev–Trinajstić information content (AvgIpc) is 2.92. The zero-order valence-corrected chi connectivity index (χ0v) is 20.3. The predicted molar refractivity (Wildman–Crippen MR) is 145 cm³/mol. The van der Waals surface area contributed by atoms with Gasteiger partial charge in [0.05, 0.1) is 0 Å². The fourth-order valence-electron chi connectivity index (χ4n) is 4.03. The SMILES string of the molecule is CCOC(Cc1ccc(OC/C=C/c2cc(-c3ccccc3)cc(-c3ccccc3)c2)cc1)C(=O)O. The molecule has 0 amide bonds. The summed E-state index contributed by atoms with van der Waals surface area (Å²) in [5.74, 6) is -0.219. The van der Waals surface area contributed by atoms with E-state index in [2.05, 4.69) is 72.8 Å².